The van der Waals surface area contributed by atoms with Crippen molar-refractivity contribution in [2.75, 3.05) is 19.5 Å². The lowest BCUT2D eigenvalue weighted by molar-refractivity contribution is 0.409. The van der Waals surface area contributed by atoms with Crippen molar-refractivity contribution in [2.24, 2.45) is 0 Å². The third kappa shape index (κ3) is 2.65. The normalized spacial score (nSPS) is 10.8. The molecule has 1 aromatic heterocycles. The van der Waals surface area contributed by atoms with Crippen LogP contribution < -0.4 is 10.1 Å². The first-order valence-electron chi connectivity index (χ1n) is 7.79. The van der Waals surface area contributed by atoms with Crippen molar-refractivity contribution in [3.8, 4) is 22.6 Å². The molecule has 4 heterocycles. The number of aromatic nitrogens is 4. The number of benzene rings is 2. The van der Waals surface area contributed by atoms with Crippen molar-refractivity contribution >= 4 is 16.9 Å². The first kappa shape index (κ1) is 15.1. The highest BCUT2D eigenvalue weighted by Crippen LogP contribution is 2.28. The van der Waals surface area contributed by atoms with Gasteiger partial charge in [0.2, 0.25) is 0 Å². The molecule has 0 aliphatic carbocycles. The smallest absolute Gasteiger partial charge is 0.182 e. The second-order valence-corrected chi connectivity index (χ2v) is 5.44. The van der Waals surface area contributed by atoms with Crippen LogP contribution in [0.4, 0.5) is 5.82 Å². The van der Waals surface area contributed by atoms with Crippen LogP contribution in [-0.2, 0) is 0 Å². The second-order valence-electron chi connectivity index (χ2n) is 5.44. The van der Waals surface area contributed by atoms with Crippen LogP contribution in [0.1, 0.15) is 0 Å². The van der Waals surface area contributed by atoms with Crippen LogP contribution in [0.5, 0.6) is 5.75 Å². The summed E-state index contributed by atoms with van der Waals surface area (Å²) in [5.74, 6) is 1.66. The van der Waals surface area contributed by atoms with Gasteiger partial charge in [-0.15, -0.1) is 0 Å². The summed E-state index contributed by atoms with van der Waals surface area (Å²) in [4.78, 5) is 8.19. The molecule has 7 heteroatoms. The van der Waals surface area contributed by atoms with Crippen molar-refractivity contribution in [1.29, 1.82) is 0 Å². The molecule has 3 aromatic rings. The van der Waals surface area contributed by atoms with E-state index < -0.39 is 0 Å². The first-order valence-corrected chi connectivity index (χ1v) is 7.79. The van der Waals surface area contributed by atoms with E-state index >= 15 is 0 Å². The van der Waals surface area contributed by atoms with Gasteiger partial charge in [-0.05, 0) is 35.9 Å². The van der Waals surface area contributed by atoms with Crippen molar-refractivity contribution in [1.82, 2.24) is 19.9 Å². The Morgan fingerprint density at radius 2 is 2.00 bits per heavy atom. The van der Waals surface area contributed by atoms with E-state index in [1.807, 2.05) is 48.1 Å². The monoisotopic (exact) mass is 335 g/mol. The molecular weight excluding hydrogens is 318 g/mol. The standard InChI is InChI=1S/C12H13N3O.C6H4N2O/c1-13-12-11(7-14-8-15-12)9-3-5-10(16-2)6-4-9;1-2-6-5-3-4(1)8(5)7-9-6/h3-8H,1-2H3,(H,13,14,15);1-3,7H. The van der Waals surface area contributed by atoms with Crippen LogP contribution in [0.15, 0.2) is 59.5 Å². The fourth-order valence-electron chi connectivity index (χ4n) is 2.69. The maximum absolute atomic E-state index is 5.11. The molecule has 0 atom stereocenters. The summed E-state index contributed by atoms with van der Waals surface area (Å²) in [5, 5.41) is 5.79. The Balaban J connectivity index is 0.000000144. The summed E-state index contributed by atoms with van der Waals surface area (Å²) < 4.78 is 12.1. The lowest BCUT2D eigenvalue weighted by Crippen LogP contribution is -2.02. The number of nitrogens with zero attached hydrogens (tertiary/aromatic N) is 3. The van der Waals surface area contributed by atoms with Crippen molar-refractivity contribution in [2.45, 2.75) is 0 Å². The van der Waals surface area contributed by atoms with Gasteiger partial charge in [-0.1, -0.05) is 12.1 Å². The predicted octanol–water partition coefficient (Wildman–Crippen LogP) is 3.62. The maximum Gasteiger partial charge on any atom is 0.182 e. The second kappa shape index (κ2) is 6.20. The van der Waals surface area contributed by atoms with Crippen LogP contribution in [0.3, 0.4) is 0 Å². The zero-order valence-electron chi connectivity index (χ0n) is 13.9. The minimum atomic E-state index is 0.820. The van der Waals surface area contributed by atoms with E-state index in [-0.39, 0.29) is 0 Å². The Labute approximate surface area is 143 Å². The van der Waals surface area contributed by atoms with Crippen molar-refractivity contribution in [3.63, 3.8) is 0 Å². The summed E-state index contributed by atoms with van der Waals surface area (Å²) >= 11 is 0. The number of H-pyrrole nitrogens is 1. The summed E-state index contributed by atoms with van der Waals surface area (Å²) in [6.45, 7) is 0. The largest absolute Gasteiger partial charge is 0.497 e. The third-order valence-corrected chi connectivity index (χ3v) is 4.04. The Bertz CT molecular complexity index is 1020. The number of ether oxygens (including phenoxy) is 1. The minimum Gasteiger partial charge on any atom is -0.497 e. The molecule has 126 valence electrons. The van der Waals surface area contributed by atoms with E-state index in [0.29, 0.717) is 0 Å². The first-order chi connectivity index (χ1) is 12.3. The van der Waals surface area contributed by atoms with Gasteiger partial charge in [0.25, 0.3) is 0 Å². The molecule has 0 radical (unpaired) electrons. The van der Waals surface area contributed by atoms with E-state index in [9.17, 15) is 0 Å². The summed E-state index contributed by atoms with van der Waals surface area (Å²) in [5.41, 5.74) is 5.28. The fraction of sp³-hybridized carbons (Fsp3) is 0.111. The van der Waals surface area contributed by atoms with Crippen LogP contribution in [0.2, 0.25) is 0 Å². The van der Waals surface area contributed by atoms with Gasteiger partial charge in [0.05, 0.1) is 12.6 Å². The van der Waals surface area contributed by atoms with Gasteiger partial charge in [-0.2, -0.15) is 5.27 Å². The molecule has 0 saturated carbocycles. The number of hydrogen-bond donors (Lipinski definition) is 2. The Morgan fingerprint density at radius 1 is 1.16 bits per heavy atom. The lowest BCUT2D eigenvalue weighted by atomic mass is 10.1. The minimum absolute atomic E-state index is 0.820. The van der Waals surface area contributed by atoms with Gasteiger partial charge in [0, 0.05) is 18.8 Å². The highest BCUT2D eigenvalue weighted by atomic mass is 16.5. The van der Waals surface area contributed by atoms with Gasteiger partial charge in [0.1, 0.15) is 23.6 Å². The van der Waals surface area contributed by atoms with Gasteiger partial charge >= 0.3 is 0 Å². The molecule has 7 nitrogen and oxygen atoms in total. The van der Waals surface area contributed by atoms with Gasteiger partial charge in [-0.25, -0.2) is 14.6 Å². The Hall–Kier alpha value is -3.48. The SMILES string of the molecule is CNc1ncncc1-c1ccc(OC)cc1.c1cc2cc3c1o[nH]n2-3. The molecular formula is C18H17N5O2. The molecule has 0 unspecified atom stereocenters. The molecule has 0 amide bonds. The molecule has 0 spiro atoms. The van der Waals surface area contributed by atoms with Crippen molar-refractivity contribution in [3.05, 3.63) is 55.0 Å². The summed E-state index contributed by atoms with van der Waals surface area (Å²) in [7, 11) is 3.50. The third-order valence-electron chi connectivity index (χ3n) is 4.04. The number of methoxy groups -OCH3 is 1. The highest BCUT2D eigenvalue weighted by molar-refractivity contribution is 5.78. The number of nitrogens with one attached hydrogen (secondary N) is 2. The molecule has 25 heavy (non-hydrogen) atoms. The molecule has 2 aromatic carbocycles. The Kier molecular flexibility index (Phi) is 3.74. The van der Waals surface area contributed by atoms with Crippen molar-refractivity contribution < 1.29 is 9.26 Å². The fourth-order valence-corrected chi connectivity index (χ4v) is 2.69. The molecule has 4 bridgehead atoms. The number of hydrogen-bond acceptors (Lipinski definition) is 5. The average molecular weight is 335 g/mol. The maximum atomic E-state index is 5.11. The Morgan fingerprint density at radius 3 is 2.64 bits per heavy atom. The number of pyridine rings is 1. The molecule has 2 N–H and O–H groups in total. The zero-order valence-corrected chi connectivity index (χ0v) is 13.9. The van der Waals surface area contributed by atoms with E-state index in [2.05, 4.69) is 26.6 Å². The number of fused-ring (bicyclic) bond motifs is 1. The number of rotatable bonds is 3. The highest BCUT2D eigenvalue weighted by Gasteiger charge is 2.15. The van der Waals surface area contributed by atoms with Crippen LogP contribution in [0, 0.1) is 0 Å². The number of aromatic amines is 1. The topological polar surface area (TPSA) is 80.9 Å². The number of anilines is 1. The zero-order chi connectivity index (χ0) is 17.2. The molecule has 0 saturated heterocycles. The lowest BCUT2D eigenvalue weighted by Gasteiger charge is -2.08. The van der Waals surface area contributed by atoms with Crippen LogP contribution in [0.25, 0.3) is 27.9 Å². The van der Waals surface area contributed by atoms with Crippen LogP contribution in [-0.4, -0.2) is 34.1 Å². The summed E-state index contributed by atoms with van der Waals surface area (Å²) in [6, 6.07) is 13.9. The predicted molar refractivity (Wildman–Crippen MR) is 95.8 cm³/mol. The molecule has 3 aliphatic heterocycles. The van der Waals surface area contributed by atoms with E-state index in [4.69, 9.17) is 9.26 Å². The summed E-state index contributed by atoms with van der Waals surface area (Å²) in [6.07, 6.45) is 3.32. The molecule has 3 aliphatic rings. The molecule has 0 fully saturated rings. The van der Waals surface area contributed by atoms with E-state index in [0.717, 1.165) is 34.0 Å². The van der Waals surface area contributed by atoms with Gasteiger partial charge in [-0.3, -0.25) is 0 Å². The average Bonchev–Trinajstić information content (AvgIpc) is 2.90. The van der Waals surface area contributed by atoms with Gasteiger partial charge in [0.15, 0.2) is 5.58 Å². The van der Waals surface area contributed by atoms with E-state index in [1.54, 1.807) is 13.3 Å². The molecule has 6 rings (SSSR count). The van der Waals surface area contributed by atoms with Gasteiger partial charge < -0.3 is 14.6 Å². The van der Waals surface area contributed by atoms with Crippen LogP contribution >= 0.6 is 0 Å². The quantitative estimate of drug-likeness (QED) is 0.526. The van der Waals surface area contributed by atoms with E-state index in [1.165, 1.54) is 11.8 Å².